The second-order valence-electron chi connectivity index (χ2n) is 8.31. The molecule has 3 aromatic carbocycles. The fourth-order valence-corrected chi connectivity index (χ4v) is 3.31. The maximum absolute atomic E-state index is 12.8. The number of carbonyl (C=O) groups excluding carboxylic acids is 4. The maximum atomic E-state index is 12.8. The summed E-state index contributed by atoms with van der Waals surface area (Å²) in [5, 5.41) is 2.54. The minimum Gasteiger partial charge on any atom is -0.461 e. The maximum Gasteiger partial charge on any atom is 0.343 e. The molecule has 0 aliphatic rings. The van der Waals surface area contributed by atoms with Gasteiger partial charge in [0.1, 0.15) is 6.04 Å². The Morgan fingerprint density at radius 2 is 1.32 bits per heavy atom. The smallest absolute Gasteiger partial charge is 0.343 e. The molecule has 3 N–H and O–H groups in total. The van der Waals surface area contributed by atoms with E-state index in [0.29, 0.717) is 16.7 Å². The van der Waals surface area contributed by atoms with E-state index in [0.717, 1.165) is 0 Å². The highest BCUT2D eigenvalue weighted by atomic mass is 35.5. The number of nitrogens with two attached hydrogens (primary N) is 1. The molecular formula is C28H29ClN2O7. The van der Waals surface area contributed by atoms with Crippen molar-refractivity contribution in [2.75, 3.05) is 6.54 Å². The molecule has 0 radical (unpaired) electrons. The summed E-state index contributed by atoms with van der Waals surface area (Å²) in [5.41, 5.74) is 6.51. The van der Waals surface area contributed by atoms with Crippen LogP contribution in [-0.2, 0) is 20.7 Å². The topological polar surface area (TPSA) is 134 Å². The fourth-order valence-electron chi connectivity index (χ4n) is 3.31. The number of rotatable bonds is 10. The van der Waals surface area contributed by atoms with E-state index in [1.807, 2.05) is 0 Å². The Bertz CT molecular complexity index is 1250. The number of benzene rings is 3. The first-order valence-electron chi connectivity index (χ1n) is 11.6. The molecule has 0 fully saturated rings. The van der Waals surface area contributed by atoms with Crippen LogP contribution in [0, 0.1) is 0 Å². The first kappa shape index (κ1) is 30.0. The van der Waals surface area contributed by atoms with Gasteiger partial charge in [0, 0.05) is 6.42 Å². The van der Waals surface area contributed by atoms with E-state index in [-0.39, 0.29) is 36.9 Å². The highest BCUT2D eigenvalue weighted by Crippen LogP contribution is 2.31. The van der Waals surface area contributed by atoms with E-state index in [2.05, 4.69) is 5.32 Å². The zero-order chi connectivity index (χ0) is 26.8. The van der Waals surface area contributed by atoms with Gasteiger partial charge in [0.25, 0.3) is 0 Å². The number of hydrogen-bond donors (Lipinski definition) is 2. The van der Waals surface area contributed by atoms with Crippen LogP contribution in [0.5, 0.6) is 11.5 Å². The zero-order valence-corrected chi connectivity index (χ0v) is 21.7. The molecule has 0 aliphatic heterocycles. The van der Waals surface area contributed by atoms with Crippen LogP contribution in [0.1, 0.15) is 40.1 Å². The van der Waals surface area contributed by atoms with E-state index in [9.17, 15) is 19.2 Å². The van der Waals surface area contributed by atoms with Gasteiger partial charge in [-0.05, 0) is 55.8 Å². The third-order valence-electron chi connectivity index (χ3n) is 5.03. The third kappa shape index (κ3) is 8.72. The number of nitrogens with one attached hydrogen (secondary N) is 1. The van der Waals surface area contributed by atoms with Crippen molar-refractivity contribution < 1.29 is 33.4 Å². The average Bonchev–Trinajstić information content (AvgIpc) is 2.90. The van der Waals surface area contributed by atoms with Gasteiger partial charge in [-0.1, -0.05) is 42.5 Å². The number of esters is 3. The monoisotopic (exact) mass is 540 g/mol. The minimum absolute atomic E-state index is 0. The van der Waals surface area contributed by atoms with Crippen molar-refractivity contribution in [1.29, 1.82) is 0 Å². The van der Waals surface area contributed by atoms with E-state index in [1.54, 1.807) is 80.6 Å². The molecule has 0 aromatic heterocycles. The lowest BCUT2D eigenvalue weighted by atomic mass is 10.0. The number of ether oxygens (including phenoxy) is 3. The van der Waals surface area contributed by atoms with Crippen LogP contribution < -0.4 is 20.5 Å². The van der Waals surface area contributed by atoms with Crippen LogP contribution in [-0.4, -0.2) is 42.5 Å². The highest BCUT2D eigenvalue weighted by molar-refractivity contribution is 5.93. The van der Waals surface area contributed by atoms with E-state index in [1.165, 1.54) is 12.1 Å². The summed E-state index contributed by atoms with van der Waals surface area (Å²) in [7, 11) is 0. The molecule has 10 heteroatoms. The molecular weight excluding hydrogens is 512 g/mol. The van der Waals surface area contributed by atoms with Crippen LogP contribution >= 0.6 is 12.4 Å². The second-order valence-corrected chi connectivity index (χ2v) is 8.31. The standard InChI is InChI=1S/C28H28N2O7.ClH/c1-18(2)35-28(34)22(30-25(31)17-29)15-19-13-14-23(36-26(32)20-9-5-3-6-10-20)24(16-19)37-27(33)21-11-7-4-8-12-21;/h3-14,16,18,22H,15,17,29H2,1-2H3,(H,30,31);1H/t22-;/m0./s1. The van der Waals surface area contributed by atoms with Crippen molar-refractivity contribution in [3.05, 3.63) is 95.6 Å². The van der Waals surface area contributed by atoms with Gasteiger partial charge in [-0.15, -0.1) is 12.4 Å². The van der Waals surface area contributed by atoms with Crippen LogP contribution in [0.2, 0.25) is 0 Å². The van der Waals surface area contributed by atoms with Gasteiger partial charge in [-0.2, -0.15) is 0 Å². The Morgan fingerprint density at radius 3 is 1.82 bits per heavy atom. The van der Waals surface area contributed by atoms with Gasteiger partial charge in [0.05, 0.1) is 23.8 Å². The molecule has 38 heavy (non-hydrogen) atoms. The first-order chi connectivity index (χ1) is 17.8. The van der Waals surface area contributed by atoms with Crippen molar-refractivity contribution in [2.45, 2.75) is 32.4 Å². The normalized spacial score (nSPS) is 11.1. The van der Waals surface area contributed by atoms with Gasteiger partial charge >= 0.3 is 17.9 Å². The molecule has 0 saturated carbocycles. The summed E-state index contributed by atoms with van der Waals surface area (Å²) in [5.74, 6) is -2.50. The summed E-state index contributed by atoms with van der Waals surface area (Å²) < 4.78 is 16.4. The molecule has 0 saturated heterocycles. The number of halogens is 1. The molecule has 3 rings (SSSR count). The van der Waals surface area contributed by atoms with Crippen molar-refractivity contribution in [3.63, 3.8) is 0 Å². The van der Waals surface area contributed by atoms with E-state index >= 15 is 0 Å². The lowest BCUT2D eigenvalue weighted by Crippen LogP contribution is -2.46. The quantitative estimate of drug-likeness (QED) is 0.295. The molecule has 200 valence electrons. The van der Waals surface area contributed by atoms with Crippen LogP contribution in [0.15, 0.2) is 78.9 Å². The van der Waals surface area contributed by atoms with Gasteiger partial charge in [-0.25, -0.2) is 14.4 Å². The Morgan fingerprint density at radius 1 is 0.789 bits per heavy atom. The highest BCUT2D eigenvalue weighted by Gasteiger charge is 2.25. The Kier molecular flexibility index (Phi) is 11.5. The van der Waals surface area contributed by atoms with E-state index in [4.69, 9.17) is 19.9 Å². The second kappa shape index (κ2) is 14.5. The fraction of sp³-hybridized carbons (Fsp3) is 0.214. The zero-order valence-electron chi connectivity index (χ0n) is 20.9. The SMILES string of the molecule is CC(C)OC(=O)[C@H](Cc1ccc(OC(=O)c2ccccc2)c(OC(=O)c2ccccc2)c1)NC(=O)CN.Cl. The predicted octanol–water partition coefficient (Wildman–Crippen LogP) is 3.48. The minimum atomic E-state index is -1.03. The number of amides is 1. The van der Waals surface area contributed by atoms with Crippen molar-refractivity contribution in [2.24, 2.45) is 5.73 Å². The Balaban J connectivity index is 0.00000507. The largest absolute Gasteiger partial charge is 0.461 e. The molecule has 0 unspecified atom stereocenters. The van der Waals surface area contributed by atoms with Gasteiger partial charge in [0.15, 0.2) is 11.5 Å². The van der Waals surface area contributed by atoms with Crippen LogP contribution in [0.3, 0.4) is 0 Å². The third-order valence-corrected chi connectivity index (χ3v) is 5.03. The van der Waals surface area contributed by atoms with Gasteiger partial charge < -0.3 is 25.3 Å². The first-order valence-corrected chi connectivity index (χ1v) is 11.6. The summed E-state index contributed by atoms with van der Waals surface area (Å²) in [6.45, 7) is 3.08. The molecule has 9 nitrogen and oxygen atoms in total. The summed E-state index contributed by atoms with van der Waals surface area (Å²) in [4.78, 5) is 49.9. The summed E-state index contributed by atoms with van der Waals surface area (Å²) >= 11 is 0. The van der Waals surface area contributed by atoms with E-state index < -0.39 is 36.0 Å². The van der Waals surface area contributed by atoms with Crippen molar-refractivity contribution in [1.82, 2.24) is 5.32 Å². The van der Waals surface area contributed by atoms with Crippen molar-refractivity contribution in [3.8, 4) is 11.5 Å². The molecule has 3 aromatic rings. The summed E-state index contributed by atoms with van der Waals surface area (Å²) in [6, 6.07) is 20.1. The van der Waals surface area contributed by atoms with Crippen LogP contribution in [0.4, 0.5) is 0 Å². The molecule has 0 heterocycles. The molecule has 0 aliphatic carbocycles. The predicted molar refractivity (Wildman–Crippen MR) is 142 cm³/mol. The van der Waals surface area contributed by atoms with Crippen molar-refractivity contribution >= 4 is 36.2 Å². The lowest BCUT2D eigenvalue weighted by Gasteiger charge is -2.20. The lowest BCUT2D eigenvalue weighted by molar-refractivity contribution is -0.151. The van der Waals surface area contributed by atoms with Crippen LogP contribution in [0.25, 0.3) is 0 Å². The number of carbonyl (C=O) groups is 4. The molecule has 1 amide bonds. The average molecular weight is 541 g/mol. The molecule has 0 bridgehead atoms. The molecule has 0 spiro atoms. The van der Waals surface area contributed by atoms with Gasteiger partial charge in [0.2, 0.25) is 5.91 Å². The Hall–Kier alpha value is -4.21. The van der Waals surface area contributed by atoms with Gasteiger partial charge in [-0.3, -0.25) is 4.79 Å². The summed E-state index contributed by atoms with van der Waals surface area (Å²) in [6.07, 6.45) is -0.382. The molecule has 1 atom stereocenters. The number of hydrogen-bond acceptors (Lipinski definition) is 8. The Labute approximate surface area is 226 Å².